The van der Waals surface area contributed by atoms with Gasteiger partial charge in [-0.1, -0.05) is 26.8 Å². The number of hydrogen-bond acceptors (Lipinski definition) is 3. The van der Waals surface area contributed by atoms with Crippen molar-refractivity contribution in [1.29, 1.82) is 0 Å². The number of carbonyl (C=O) groups excluding carboxylic acids is 2. The van der Waals surface area contributed by atoms with Crippen LogP contribution in [-0.4, -0.2) is 17.9 Å². The summed E-state index contributed by atoms with van der Waals surface area (Å²) >= 11 is 0. The lowest BCUT2D eigenvalue weighted by Crippen LogP contribution is -2.46. The fourth-order valence-corrected chi connectivity index (χ4v) is 7.42. The summed E-state index contributed by atoms with van der Waals surface area (Å²) in [7, 11) is 0. The van der Waals surface area contributed by atoms with E-state index in [1.54, 1.807) is 0 Å². The van der Waals surface area contributed by atoms with Gasteiger partial charge in [0.1, 0.15) is 6.10 Å². The molecule has 0 aromatic rings. The summed E-state index contributed by atoms with van der Waals surface area (Å²) in [6.07, 6.45) is 11.6. The maximum absolute atomic E-state index is 13.0. The molecule has 0 spiro atoms. The Morgan fingerprint density at radius 3 is 2.60 bits per heavy atom. The van der Waals surface area contributed by atoms with Crippen molar-refractivity contribution in [2.75, 3.05) is 0 Å². The molecule has 3 heteroatoms. The minimum Gasteiger partial charge on any atom is -0.462 e. The van der Waals surface area contributed by atoms with Crippen LogP contribution in [0.1, 0.15) is 72.6 Å². The van der Waals surface area contributed by atoms with E-state index >= 15 is 0 Å². The molecular weight excluding hydrogens is 312 g/mol. The molecule has 0 heterocycles. The first kappa shape index (κ1) is 17.3. The molecule has 0 aromatic heterocycles. The zero-order valence-corrected chi connectivity index (χ0v) is 16.1. The highest BCUT2D eigenvalue weighted by molar-refractivity contribution is 5.96. The van der Waals surface area contributed by atoms with Gasteiger partial charge in [0.2, 0.25) is 0 Å². The number of allylic oxidation sites excluding steroid dienone is 2. The van der Waals surface area contributed by atoms with Crippen LogP contribution in [0.3, 0.4) is 0 Å². The third-order valence-corrected chi connectivity index (χ3v) is 9.02. The van der Waals surface area contributed by atoms with Crippen molar-refractivity contribution in [2.24, 2.45) is 34.0 Å². The molecule has 25 heavy (non-hydrogen) atoms. The van der Waals surface area contributed by atoms with Crippen LogP contribution in [0.4, 0.5) is 0 Å². The van der Waals surface area contributed by atoms with Gasteiger partial charge in [-0.3, -0.25) is 9.59 Å². The molecule has 0 radical (unpaired) electrons. The molecule has 4 rings (SSSR count). The second-order valence-corrected chi connectivity index (χ2v) is 9.86. The Labute approximate surface area is 151 Å². The number of esters is 1. The Morgan fingerprint density at radius 1 is 1.12 bits per heavy atom. The standard InChI is InChI=1S/C22H32O3/c1-14(23)25-19-9-8-16-15-13-22(4)18(24)7-5-6-11-21(22,3)17(15)10-12-20(16,19)2/h5,7,15-17,19H,6,8-13H2,1-4H3. The third-order valence-electron chi connectivity index (χ3n) is 9.02. The third kappa shape index (κ3) is 2.16. The monoisotopic (exact) mass is 344 g/mol. The second-order valence-electron chi connectivity index (χ2n) is 9.86. The summed E-state index contributed by atoms with van der Waals surface area (Å²) in [5, 5.41) is 0. The second kappa shape index (κ2) is 5.44. The number of hydrogen-bond donors (Lipinski definition) is 0. The molecule has 3 nitrogen and oxygen atoms in total. The van der Waals surface area contributed by atoms with E-state index in [1.807, 2.05) is 6.08 Å². The number of fused-ring (bicyclic) bond motifs is 5. The molecular formula is C22H32O3. The smallest absolute Gasteiger partial charge is 0.302 e. The first-order valence-corrected chi connectivity index (χ1v) is 10.1. The summed E-state index contributed by atoms with van der Waals surface area (Å²) in [4.78, 5) is 24.5. The van der Waals surface area contributed by atoms with E-state index in [2.05, 4.69) is 26.8 Å². The SMILES string of the molecule is CC(=O)OC1CCC2C3CC4(C)C(=O)C=CCCC4(C)C3CCC12C. The molecule has 4 aliphatic carbocycles. The highest BCUT2D eigenvalue weighted by Crippen LogP contribution is 2.71. The highest BCUT2D eigenvalue weighted by atomic mass is 16.5. The van der Waals surface area contributed by atoms with E-state index in [1.165, 1.54) is 13.3 Å². The zero-order chi connectivity index (χ0) is 18.0. The van der Waals surface area contributed by atoms with Crippen molar-refractivity contribution in [3.05, 3.63) is 12.2 Å². The maximum Gasteiger partial charge on any atom is 0.302 e. The van der Waals surface area contributed by atoms with E-state index in [0.29, 0.717) is 23.5 Å². The van der Waals surface area contributed by atoms with Crippen molar-refractivity contribution >= 4 is 11.8 Å². The Balaban J connectivity index is 1.68. The number of ketones is 1. The van der Waals surface area contributed by atoms with Crippen LogP contribution in [0.15, 0.2) is 12.2 Å². The van der Waals surface area contributed by atoms with Crippen molar-refractivity contribution in [2.45, 2.75) is 78.7 Å². The van der Waals surface area contributed by atoms with Gasteiger partial charge in [0, 0.05) is 17.8 Å². The van der Waals surface area contributed by atoms with Gasteiger partial charge in [0.25, 0.3) is 0 Å². The molecule has 3 saturated carbocycles. The highest BCUT2D eigenvalue weighted by Gasteiger charge is 2.67. The molecule has 7 atom stereocenters. The lowest BCUT2D eigenvalue weighted by atomic mass is 9.55. The Bertz CT molecular complexity index is 637. The predicted octanol–water partition coefficient (Wildman–Crippen LogP) is 4.70. The van der Waals surface area contributed by atoms with Crippen LogP contribution >= 0.6 is 0 Å². The Hall–Kier alpha value is -1.12. The van der Waals surface area contributed by atoms with E-state index < -0.39 is 0 Å². The van der Waals surface area contributed by atoms with Crippen LogP contribution in [-0.2, 0) is 14.3 Å². The molecule has 4 aliphatic rings. The first-order chi connectivity index (χ1) is 11.7. The fraction of sp³-hybridized carbons (Fsp3) is 0.818. The van der Waals surface area contributed by atoms with Gasteiger partial charge in [0.05, 0.1) is 0 Å². The quantitative estimate of drug-likeness (QED) is 0.648. The van der Waals surface area contributed by atoms with E-state index in [-0.39, 0.29) is 28.3 Å². The van der Waals surface area contributed by atoms with Crippen LogP contribution in [0.25, 0.3) is 0 Å². The van der Waals surface area contributed by atoms with Crippen LogP contribution in [0.5, 0.6) is 0 Å². The molecule has 7 unspecified atom stereocenters. The van der Waals surface area contributed by atoms with E-state index in [4.69, 9.17) is 4.74 Å². The Kier molecular flexibility index (Phi) is 3.76. The van der Waals surface area contributed by atoms with Crippen LogP contribution in [0.2, 0.25) is 0 Å². The van der Waals surface area contributed by atoms with Gasteiger partial charge in [-0.15, -0.1) is 0 Å². The molecule has 3 fully saturated rings. The van der Waals surface area contributed by atoms with Crippen molar-refractivity contribution in [3.8, 4) is 0 Å². The number of rotatable bonds is 1. The summed E-state index contributed by atoms with van der Waals surface area (Å²) < 4.78 is 5.73. The summed E-state index contributed by atoms with van der Waals surface area (Å²) in [6, 6.07) is 0. The van der Waals surface area contributed by atoms with Crippen LogP contribution in [0, 0.1) is 34.0 Å². The predicted molar refractivity (Wildman–Crippen MR) is 96.8 cm³/mol. The van der Waals surface area contributed by atoms with Gasteiger partial charge >= 0.3 is 5.97 Å². The topological polar surface area (TPSA) is 43.4 Å². The number of ether oxygens (including phenoxy) is 1. The minimum absolute atomic E-state index is 0.0672. The maximum atomic E-state index is 13.0. The summed E-state index contributed by atoms with van der Waals surface area (Å²) in [5.74, 6) is 2.02. The normalized spacial score (nSPS) is 51.4. The largest absolute Gasteiger partial charge is 0.462 e. The average Bonchev–Trinajstić information content (AvgIpc) is 2.94. The molecule has 0 amide bonds. The summed E-state index contributed by atoms with van der Waals surface area (Å²) in [6.45, 7) is 8.50. The van der Waals surface area contributed by atoms with Gasteiger partial charge in [-0.2, -0.15) is 0 Å². The fourth-order valence-electron chi connectivity index (χ4n) is 7.42. The van der Waals surface area contributed by atoms with Crippen molar-refractivity contribution in [1.82, 2.24) is 0 Å². The molecule has 0 bridgehead atoms. The molecule has 0 N–H and O–H groups in total. The van der Waals surface area contributed by atoms with E-state index in [9.17, 15) is 9.59 Å². The van der Waals surface area contributed by atoms with Crippen LogP contribution < -0.4 is 0 Å². The van der Waals surface area contributed by atoms with Gasteiger partial charge < -0.3 is 4.74 Å². The number of carbonyl (C=O) groups is 2. The average molecular weight is 344 g/mol. The van der Waals surface area contributed by atoms with Gasteiger partial charge in [0.15, 0.2) is 5.78 Å². The van der Waals surface area contributed by atoms with Crippen molar-refractivity contribution in [3.63, 3.8) is 0 Å². The lowest BCUT2D eigenvalue weighted by molar-refractivity contribution is -0.155. The molecule has 0 saturated heterocycles. The van der Waals surface area contributed by atoms with Gasteiger partial charge in [-0.05, 0) is 74.2 Å². The molecule has 0 aliphatic heterocycles. The van der Waals surface area contributed by atoms with E-state index in [0.717, 1.165) is 38.5 Å². The molecule has 138 valence electrons. The molecule has 0 aromatic carbocycles. The zero-order valence-electron chi connectivity index (χ0n) is 16.1. The van der Waals surface area contributed by atoms with Crippen molar-refractivity contribution < 1.29 is 14.3 Å². The van der Waals surface area contributed by atoms with Gasteiger partial charge in [-0.25, -0.2) is 0 Å². The Morgan fingerprint density at radius 2 is 1.88 bits per heavy atom. The minimum atomic E-state index is -0.222. The summed E-state index contributed by atoms with van der Waals surface area (Å²) in [5.41, 5.74) is -0.0127. The lowest BCUT2D eigenvalue weighted by Gasteiger charge is -2.50. The first-order valence-electron chi connectivity index (χ1n) is 10.1.